The third-order valence-corrected chi connectivity index (χ3v) is 8.70. The number of ether oxygens (including phenoxy) is 3. The third-order valence-electron chi connectivity index (χ3n) is 4.98. The molecule has 0 saturated carbocycles. The van der Waals surface area contributed by atoms with E-state index in [-0.39, 0.29) is 16.4 Å². The molecule has 1 aliphatic carbocycles. The molecule has 0 unspecified atom stereocenters. The molecule has 158 valence electrons. The standard InChI is InChI=1S/C22H22O6SSe/c1-21(2)27-19-18(29(24,25)16-9-5-3-6-10-16)13-14-22(19,28-21)15-26-20(23)30-17-11-7-4-8-12-17/h3-14,18-19H,15H2,1-2H3/t18-,19+,22+/m1/s1. The summed E-state index contributed by atoms with van der Waals surface area (Å²) >= 11 is -0.500. The zero-order valence-electron chi connectivity index (χ0n) is 16.6. The van der Waals surface area contributed by atoms with Gasteiger partial charge in [0.2, 0.25) is 0 Å². The Hall–Kier alpha value is -1.96. The fraction of sp³-hybridized carbons (Fsp3) is 0.318. The number of sulfone groups is 1. The Kier molecular flexibility index (Phi) is 5.63. The molecule has 0 bridgehead atoms. The third kappa shape index (κ3) is 4.11. The zero-order chi connectivity index (χ0) is 21.4. The summed E-state index contributed by atoms with van der Waals surface area (Å²) in [5.74, 6) is -1.00. The molecular formula is C22H22O6SSe. The van der Waals surface area contributed by atoms with Gasteiger partial charge in [0.25, 0.3) is 0 Å². The van der Waals surface area contributed by atoms with Crippen molar-refractivity contribution in [2.75, 3.05) is 6.61 Å². The van der Waals surface area contributed by atoms with Crippen molar-refractivity contribution in [3.05, 3.63) is 72.8 Å². The summed E-state index contributed by atoms with van der Waals surface area (Å²) in [5, 5.41) is -0.931. The molecule has 0 spiro atoms. The van der Waals surface area contributed by atoms with Gasteiger partial charge in [-0.25, -0.2) is 0 Å². The van der Waals surface area contributed by atoms with Crippen molar-refractivity contribution in [1.29, 1.82) is 0 Å². The number of rotatable bonds is 6. The fourth-order valence-electron chi connectivity index (χ4n) is 3.76. The first kappa shape index (κ1) is 21.3. The van der Waals surface area contributed by atoms with Gasteiger partial charge >= 0.3 is 182 Å². The first-order chi connectivity index (χ1) is 14.2. The van der Waals surface area contributed by atoms with E-state index in [1.807, 2.05) is 30.3 Å². The van der Waals surface area contributed by atoms with E-state index >= 15 is 0 Å². The average Bonchev–Trinajstić information content (AvgIpc) is 3.18. The number of carbonyl (C=O) groups is 1. The molecule has 1 heterocycles. The van der Waals surface area contributed by atoms with E-state index in [2.05, 4.69) is 0 Å². The molecule has 0 aromatic heterocycles. The molecule has 3 atom stereocenters. The Labute approximate surface area is 182 Å². The molecular weight excluding hydrogens is 471 g/mol. The molecule has 2 aliphatic rings. The van der Waals surface area contributed by atoms with Crippen LogP contribution in [0.4, 0.5) is 4.79 Å². The monoisotopic (exact) mass is 494 g/mol. The van der Waals surface area contributed by atoms with Crippen LogP contribution in [0.5, 0.6) is 0 Å². The van der Waals surface area contributed by atoms with Gasteiger partial charge < -0.3 is 0 Å². The molecule has 4 rings (SSSR count). The molecule has 1 aliphatic heterocycles. The molecule has 0 N–H and O–H groups in total. The summed E-state index contributed by atoms with van der Waals surface area (Å²) in [7, 11) is -3.70. The molecule has 30 heavy (non-hydrogen) atoms. The van der Waals surface area contributed by atoms with Crippen molar-refractivity contribution in [2.24, 2.45) is 0 Å². The molecule has 0 amide bonds. The molecule has 2 aromatic carbocycles. The predicted molar refractivity (Wildman–Crippen MR) is 113 cm³/mol. The second-order valence-electron chi connectivity index (χ2n) is 7.63. The first-order valence-electron chi connectivity index (χ1n) is 9.48. The topological polar surface area (TPSA) is 78.9 Å². The fourth-order valence-corrected chi connectivity index (χ4v) is 6.77. The van der Waals surface area contributed by atoms with E-state index in [9.17, 15) is 13.2 Å². The summed E-state index contributed by atoms with van der Waals surface area (Å²) in [4.78, 5) is 12.2. The van der Waals surface area contributed by atoms with Crippen molar-refractivity contribution in [3.63, 3.8) is 0 Å². The van der Waals surface area contributed by atoms with Crippen molar-refractivity contribution in [3.8, 4) is 0 Å². The van der Waals surface area contributed by atoms with Gasteiger partial charge in [0.1, 0.15) is 0 Å². The zero-order valence-corrected chi connectivity index (χ0v) is 19.1. The van der Waals surface area contributed by atoms with Gasteiger partial charge in [-0.1, -0.05) is 0 Å². The van der Waals surface area contributed by atoms with Gasteiger partial charge in [0, 0.05) is 0 Å². The van der Waals surface area contributed by atoms with Crippen LogP contribution in [0.3, 0.4) is 0 Å². The van der Waals surface area contributed by atoms with Gasteiger partial charge in [0.15, 0.2) is 0 Å². The Bertz CT molecular complexity index is 1050. The van der Waals surface area contributed by atoms with Crippen LogP contribution >= 0.6 is 0 Å². The van der Waals surface area contributed by atoms with Gasteiger partial charge in [-0.15, -0.1) is 0 Å². The molecule has 8 heteroatoms. The minimum atomic E-state index is -3.70. The van der Waals surface area contributed by atoms with Crippen molar-refractivity contribution < 1.29 is 27.4 Å². The van der Waals surface area contributed by atoms with E-state index in [1.54, 1.807) is 56.3 Å². The Balaban J connectivity index is 1.53. The van der Waals surface area contributed by atoms with Crippen molar-refractivity contribution >= 4 is 34.1 Å². The van der Waals surface area contributed by atoms with Crippen LogP contribution in [0.25, 0.3) is 0 Å². The van der Waals surface area contributed by atoms with Crippen molar-refractivity contribution in [2.45, 2.75) is 41.5 Å². The second kappa shape index (κ2) is 7.94. The maximum atomic E-state index is 13.2. The van der Waals surface area contributed by atoms with Crippen LogP contribution < -0.4 is 4.46 Å². The van der Waals surface area contributed by atoms with Gasteiger partial charge in [0.05, 0.1) is 0 Å². The number of carbonyl (C=O) groups excluding carboxylic acids is 1. The van der Waals surface area contributed by atoms with Crippen LogP contribution in [0.1, 0.15) is 13.8 Å². The number of hydrogen-bond acceptors (Lipinski definition) is 6. The minimum absolute atomic E-state index is 0.105. The van der Waals surface area contributed by atoms with E-state index in [1.165, 1.54) is 0 Å². The average molecular weight is 493 g/mol. The molecule has 6 nitrogen and oxygen atoms in total. The number of benzene rings is 2. The molecule has 2 aromatic rings. The Morgan fingerprint density at radius 3 is 2.37 bits per heavy atom. The van der Waals surface area contributed by atoms with Crippen molar-refractivity contribution in [1.82, 2.24) is 0 Å². The SMILES string of the molecule is CC1(C)O[C@H]2[C@H](S(=O)(=O)c3ccccc3)C=C[C@@]2(COC(=O)[Se]c2ccccc2)O1. The van der Waals surface area contributed by atoms with E-state index in [0.717, 1.165) is 4.46 Å². The van der Waals surface area contributed by atoms with E-state index in [0.29, 0.717) is 0 Å². The number of hydrogen-bond donors (Lipinski definition) is 0. The van der Waals surface area contributed by atoms with Crippen LogP contribution in [0.15, 0.2) is 77.7 Å². The summed E-state index contributed by atoms with van der Waals surface area (Å²) in [6, 6.07) is 17.6. The predicted octanol–water partition coefficient (Wildman–Crippen LogP) is 2.46. The maximum absolute atomic E-state index is 13.2. The van der Waals surface area contributed by atoms with Gasteiger partial charge in [-0.2, -0.15) is 0 Å². The Morgan fingerprint density at radius 2 is 1.70 bits per heavy atom. The normalized spacial score (nSPS) is 27.0. The second-order valence-corrected chi connectivity index (χ2v) is 11.9. The first-order valence-corrected chi connectivity index (χ1v) is 12.7. The van der Waals surface area contributed by atoms with Gasteiger partial charge in [-0.3, -0.25) is 0 Å². The molecule has 1 saturated heterocycles. The summed E-state index contributed by atoms with van der Waals surface area (Å²) in [6.07, 6.45) is 2.44. The summed E-state index contributed by atoms with van der Waals surface area (Å²) < 4.78 is 44.9. The van der Waals surface area contributed by atoms with Crippen LogP contribution in [0, 0.1) is 0 Å². The molecule has 1 fully saturated rings. The van der Waals surface area contributed by atoms with E-state index in [4.69, 9.17) is 14.2 Å². The Morgan fingerprint density at radius 1 is 1.07 bits per heavy atom. The van der Waals surface area contributed by atoms with Crippen LogP contribution in [-0.4, -0.2) is 57.6 Å². The van der Waals surface area contributed by atoms with Crippen LogP contribution in [-0.2, 0) is 24.0 Å². The summed E-state index contributed by atoms with van der Waals surface area (Å²) in [6.45, 7) is 3.34. The van der Waals surface area contributed by atoms with E-state index < -0.39 is 47.5 Å². The molecule has 0 radical (unpaired) electrons. The summed E-state index contributed by atoms with van der Waals surface area (Å²) in [5.41, 5.74) is -1.14. The quantitative estimate of drug-likeness (QED) is 0.455. The van der Waals surface area contributed by atoms with Crippen LogP contribution in [0.2, 0.25) is 0 Å². The van der Waals surface area contributed by atoms with Gasteiger partial charge in [-0.05, 0) is 0 Å². The number of fused-ring (bicyclic) bond motifs is 1.